The Morgan fingerprint density at radius 3 is 3.00 bits per heavy atom. The zero-order valence-corrected chi connectivity index (χ0v) is 7.75. The van der Waals surface area contributed by atoms with Crippen LogP contribution in [0, 0.1) is 0 Å². The Hall–Kier alpha value is -1.13. The maximum absolute atomic E-state index is 11.4. The van der Waals surface area contributed by atoms with Gasteiger partial charge in [0.15, 0.2) is 0 Å². The minimum atomic E-state index is -0.202. The number of fused-ring (bicyclic) bond motifs is 1. The number of aromatic nitrogens is 1. The molecule has 2 heterocycles. The van der Waals surface area contributed by atoms with E-state index in [9.17, 15) is 4.79 Å². The van der Waals surface area contributed by atoms with E-state index in [4.69, 9.17) is 17.4 Å². The number of nitrogens with zero attached hydrogens (tertiary/aromatic N) is 2. The summed E-state index contributed by atoms with van der Waals surface area (Å²) in [5, 5.41) is 1.54. The summed E-state index contributed by atoms with van der Waals surface area (Å²) in [6.45, 7) is 1.81. The number of halogens is 1. The van der Waals surface area contributed by atoms with E-state index >= 15 is 0 Å². The van der Waals surface area contributed by atoms with Crippen LogP contribution in [0.2, 0.25) is 5.15 Å². The van der Waals surface area contributed by atoms with Gasteiger partial charge < -0.3 is 0 Å². The van der Waals surface area contributed by atoms with E-state index in [0.717, 1.165) is 5.01 Å². The summed E-state index contributed by atoms with van der Waals surface area (Å²) in [7, 11) is 0. The van der Waals surface area contributed by atoms with Crippen molar-refractivity contribution in [3.63, 3.8) is 0 Å². The van der Waals surface area contributed by atoms with Gasteiger partial charge in [-0.3, -0.25) is 9.80 Å². The number of hydrazine groups is 1. The van der Waals surface area contributed by atoms with Gasteiger partial charge in [0.05, 0.1) is 17.3 Å². The molecule has 1 aromatic heterocycles. The summed E-state index contributed by atoms with van der Waals surface area (Å²) in [5.74, 6) is 5.32. The lowest BCUT2D eigenvalue weighted by Gasteiger charge is -2.13. The summed E-state index contributed by atoms with van der Waals surface area (Å²) in [5.41, 5.74) is 1.19. The van der Waals surface area contributed by atoms with Gasteiger partial charge in [-0.05, 0) is 19.1 Å². The molecular weight excluding hydrogens is 190 g/mol. The van der Waals surface area contributed by atoms with Crippen LogP contribution in [0.4, 0.5) is 0 Å². The fraction of sp³-hybridized carbons (Fsp3) is 0.250. The maximum atomic E-state index is 11.4. The van der Waals surface area contributed by atoms with Crippen molar-refractivity contribution in [3.05, 3.63) is 28.5 Å². The van der Waals surface area contributed by atoms with Crippen LogP contribution in [0.15, 0.2) is 12.1 Å². The highest BCUT2D eigenvalue weighted by Crippen LogP contribution is 2.29. The molecule has 1 atom stereocenters. The Morgan fingerprint density at radius 1 is 1.62 bits per heavy atom. The molecule has 1 unspecified atom stereocenters. The average molecular weight is 198 g/mol. The van der Waals surface area contributed by atoms with Crippen LogP contribution in [-0.4, -0.2) is 15.9 Å². The van der Waals surface area contributed by atoms with E-state index in [1.807, 2.05) is 6.92 Å². The first-order valence-electron chi connectivity index (χ1n) is 3.86. The van der Waals surface area contributed by atoms with Crippen molar-refractivity contribution in [1.29, 1.82) is 0 Å². The fourth-order valence-electron chi connectivity index (χ4n) is 1.40. The van der Waals surface area contributed by atoms with Gasteiger partial charge in [-0.15, -0.1) is 0 Å². The van der Waals surface area contributed by atoms with Crippen LogP contribution in [0.25, 0.3) is 0 Å². The molecule has 0 fully saturated rings. The molecule has 0 saturated carbocycles. The van der Waals surface area contributed by atoms with Gasteiger partial charge in [0.25, 0.3) is 5.91 Å². The first-order valence-corrected chi connectivity index (χ1v) is 4.23. The largest absolute Gasteiger partial charge is 0.270 e. The molecule has 1 aliphatic rings. The van der Waals surface area contributed by atoms with Gasteiger partial charge in [-0.2, -0.15) is 0 Å². The first-order chi connectivity index (χ1) is 6.11. The number of rotatable bonds is 0. The van der Waals surface area contributed by atoms with E-state index in [2.05, 4.69) is 4.98 Å². The van der Waals surface area contributed by atoms with Gasteiger partial charge in [0.2, 0.25) is 0 Å². The smallest absolute Gasteiger partial charge is 0.268 e. The molecule has 13 heavy (non-hydrogen) atoms. The lowest BCUT2D eigenvalue weighted by Crippen LogP contribution is -2.33. The molecule has 1 amide bonds. The van der Waals surface area contributed by atoms with E-state index < -0.39 is 0 Å². The number of nitrogens with two attached hydrogens (primary N) is 1. The SMILES string of the molecule is CC1c2nc(Cl)ccc2C(=O)N1N. The lowest BCUT2D eigenvalue weighted by molar-refractivity contribution is 0.0736. The third-order valence-corrected chi connectivity index (χ3v) is 2.38. The zero-order chi connectivity index (χ0) is 9.59. The molecule has 0 saturated heterocycles. The molecule has 1 aromatic rings. The normalized spacial score (nSPS) is 20.7. The van der Waals surface area contributed by atoms with Gasteiger partial charge >= 0.3 is 0 Å². The summed E-state index contributed by atoms with van der Waals surface area (Å²) >= 11 is 5.70. The molecule has 0 aromatic carbocycles. The average Bonchev–Trinajstić information content (AvgIpc) is 2.32. The van der Waals surface area contributed by atoms with E-state index in [-0.39, 0.29) is 11.9 Å². The van der Waals surface area contributed by atoms with Crippen molar-refractivity contribution < 1.29 is 4.79 Å². The Balaban J connectivity index is 2.60. The molecule has 1 aliphatic heterocycles. The van der Waals surface area contributed by atoms with Crippen molar-refractivity contribution in [2.45, 2.75) is 13.0 Å². The van der Waals surface area contributed by atoms with Crippen molar-refractivity contribution >= 4 is 17.5 Å². The number of pyridine rings is 1. The Morgan fingerprint density at radius 2 is 2.31 bits per heavy atom. The monoisotopic (exact) mass is 197 g/mol. The highest BCUT2D eigenvalue weighted by molar-refractivity contribution is 6.29. The molecule has 4 nitrogen and oxygen atoms in total. The summed E-state index contributed by atoms with van der Waals surface area (Å²) in [4.78, 5) is 15.5. The van der Waals surface area contributed by atoms with Crippen LogP contribution < -0.4 is 5.84 Å². The van der Waals surface area contributed by atoms with Crippen molar-refractivity contribution in [2.24, 2.45) is 5.84 Å². The standard InChI is InChI=1S/C8H8ClN3O/c1-4-7-5(8(13)12(4)10)2-3-6(9)11-7/h2-4H,10H2,1H3. The molecule has 2 rings (SSSR count). The van der Waals surface area contributed by atoms with Crippen LogP contribution >= 0.6 is 11.6 Å². The first kappa shape index (κ1) is 8.47. The van der Waals surface area contributed by atoms with Crippen LogP contribution in [0.5, 0.6) is 0 Å². The third kappa shape index (κ3) is 1.10. The minimum absolute atomic E-state index is 0.193. The highest BCUT2D eigenvalue weighted by atomic mass is 35.5. The van der Waals surface area contributed by atoms with Gasteiger partial charge in [0.1, 0.15) is 5.15 Å². The molecule has 68 valence electrons. The second-order valence-electron chi connectivity index (χ2n) is 2.96. The number of hydrogen-bond acceptors (Lipinski definition) is 3. The zero-order valence-electron chi connectivity index (χ0n) is 6.99. The van der Waals surface area contributed by atoms with Crippen molar-refractivity contribution in [1.82, 2.24) is 9.99 Å². The van der Waals surface area contributed by atoms with Crippen LogP contribution in [0.3, 0.4) is 0 Å². The molecule has 5 heteroatoms. The number of carbonyl (C=O) groups excluding carboxylic acids is 1. The summed E-state index contributed by atoms with van der Waals surface area (Å²) < 4.78 is 0. The van der Waals surface area contributed by atoms with Gasteiger partial charge in [-0.25, -0.2) is 10.8 Å². The van der Waals surface area contributed by atoms with E-state index in [0.29, 0.717) is 16.4 Å². The molecule has 2 N–H and O–H groups in total. The molecule has 0 spiro atoms. The predicted octanol–water partition coefficient (Wildman–Crippen LogP) is 1.13. The van der Waals surface area contributed by atoms with Crippen molar-refractivity contribution in [3.8, 4) is 0 Å². The Labute approximate surface area is 80.3 Å². The number of carbonyl (C=O) groups is 1. The quantitative estimate of drug-likeness (QED) is 0.385. The summed E-state index contributed by atoms with van der Waals surface area (Å²) in [6.07, 6.45) is 0. The second-order valence-corrected chi connectivity index (χ2v) is 3.34. The van der Waals surface area contributed by atoms with Crippen LogP contribution in [0.1, 0.15) is 29.0 Å². The summed E-state index contributed by atoms with van der Waals surface area (Å²) in [6, 6.07) is 3.04. The predicted molar refractivity (Wildman–Crippen MR) is 48.0 cm³/mol. The minimum Gasteiger partial charge on any atom is -0.268 e. The number of amides is 1. The van der Waals surface area contributed by atoms with E-state index in [1.165, 1.54) is 0 Å². The maximum Gasteiger partial charge on any atom is 0.270 e. The Kier molecular flexibility index (Phi) is 1.75. The van der Waals surface area contributed by atoms with Crippen LogP contribution in [-0.2, 0) is 0 Å². The van der Waals surface area contributed by atoms with Crippen molar-refractivity contribution in [2.75, 3.05) is 0 Å². The van der Waals surface area contributed by atoms with E-state index in [1.54, 1.807) is 12.1 Å². The number of hydrogen-bond donors (Lipinski definition) is 1. The fourth-order valence-corrected chi connectivity index (χ4v) is 1.55. The van der Waals surface area contributed by atoms with Gasteiger partial charge in [0, 0.05) is 0 Å². The molecule has 0 radical (unpaired) electrons. The molecule has 0 aliphatic carbocycles. The van der Waals surface area contributed by atoms with Gasteiger partial charge in [-0.1, -0.05) is 11.6 Å². The topological polar surface area (TPSA) is 59.2 Å². The Bertz CT molecular complexity index is 380. The molecular formula is C8H8ClN3O. The second kappa shape index (κ2) is 2.68. The third-order valence-electron chi connectivity index (χ3n) is 2.17. The highest BCUT2D eigenvalue weighted by Gasteiger charge is 2.33. The molecule has 0 bridgehead atoms. The lowest BCUT2D eigenvalue weighted by atomic mass is 10.2.